The number of carbonyl (C=O) groups excluding carboxylic acids is 3. The maximum absolute atomic E-state index is 13.7. The van der Waals surface area contributed by atoms with Crippen molar-refractivity contribution in [1.82, 2.24) is 19.9 Å². The van der Waals surface area contributed by atoms with E-state index in [1.807, 2.05) is 59.5 Å². The average molecular weight is 482 g/mol. The predicted molar refractivity (Wildman–Crippen MR) is 137 cm³/mol. The SMILES string of the molecule is O=C[C@@H]1CCCN1CC(C(=O)Nc1ccccc1C(=O)Cc1ccccc1)n1nnc2ccccc21. The zero-order valence-electron chi connectivity index (χ0n) is 19.8. The maximum Gasteiger partial charge on any atom is 0.250 e. The molecular weight excluding hydrogens is 454 g/mol. The molecule has 1 aliphatic rings. The Balaban J connectivity index is 1.44. The number of likely N-dealkylation sites (tertiary alicyclic amines) is 1. The van der Waals surface area contributed by atoms with E-state index in [1.165, 1.54) is 0 Å². The fraction of sp³-hybridized carbons (Fsp3) is 0.250. The van der Waals surface area contributed by atoms with Gasteiger partial charge in [0.2, 0.25) is 0 Å². The van der Waals surface area contributed by atoms with E-state index in [9.17, 15) is 14.4 Å². The molecule has 2 atom stereocenters. The number of nitrogens with zero attached hydrogens (tertiary/aromatic N) is 4. The highest BCUT2D eigenvalue weighted by atomic mass is 16.2. The lowest BCUT2D eigenvalue weighted by molar-refractivity contribution is -0.121. The van der Waals surface area contributed by atoms with Gasteiger partial charge in [-0.05, 0) is 49.2 Å². The van der Waals surface area contributed by atoms with Crippen LogP contribution in [0.5, 0.6) is 0 Å². The van der Waals surface area contributed by atoms with Crippen LogP contribution in [0.3, 0.4) is 0 Å². The molecule has 182 valence electrons. The Labute approximate surface area is 208 Å². The first-order valence-electron chi connectivity index (χ1n) is 12.1. The van der Waals surface area contributed by atoms with Gasteiger partial charge in [0.25, 0.3) is 5.91 Å². The number of aromatic nitrogens is 3. The van der Waals surface area contributed by atoms with E-state index in [0.29, 0.717) is 23.3 Å². The molecule has 1 saturated heterocycles. The molecule has 36 heavy (non-hydrogen) atoms. The Morgan fingerprint density at radius 2 is 1.75 bits per heavy atom. The van der Waals surface area contributed by atoms with Crippen molar-refractivity contribution in [3.63, 3.8) is 0 Å². The van der Waals surface area contributed by atoms with Gasteiger partial charge in [0, 0.05) is 18.5 Å². The standard InChI is InChI=1S/C28H27N5O3/c34-19-21-11-8-16-32(21)18-26(33-25-15-7-6-14-24(25)30-31-33)28(36)29-23-13-5-4-12-22(23)27(35)17-20-9-2-1-3-10-20/h1-7,9-10,12-15,19,21,26H,8,11,16-18H2,(H,29,36)/t21-,26?/m0/s1. The van der Waals surface area contributed by atoms with Gasteiger partial charge in [0.05, 0.1) is 17.2 Å². The average Bonchev–Trinajstić information content (AvgIpc) is 3.54. The normalized spacial score (nSPS) is 16.6. The van der Waals surface area contributed by atoms with Gasteiger partial charge in [0.1, 0.15) is 17.8 Å². The van der Waals surface area contributed by atoms with Crippen LogP contribution in [0.4, 0.5) is 5.69 Å². The van der Waals surface area contributed by atoms with Gasteiger partial charge >= 0.3 is 0 Å². The molecule has 1 fully saturated rings. The molecule has 0 saturated carbocycles. The summed E-state index contributed by atoms with van der Waals surface area (Å²) in [4.78, 5) is 40.5. The second-order valence-corrected chi connectivity index (χ2v) is 9.00. The minimum Gasteiger partial charge on any atom is -0.323 e. The molecule has 0 radical (unpaired) electrons. The lowest BCUT2D eigenvalue weighted by atomic mass is 10.0. The third-order valence-corrected chi connectivity index (χ3v) is 6.65. The van der Waals surface area contributed by atoms with Crippen LogP contribution in [0.2, 0.25) is 0 Å². The maximum atomic E-state index is 13.7. The largest absolute Gasteiger partial charge is 0.323 e. The van der Waals surface area contributed by atoms with E-state index < -0.39 is 6.04 Å². The number of hydrogen-bond donors (Lipinski definition) is 1. The smallest absolute Gasteiger partial charge is 0.250 e. The molecule has 0 spiro atoms. The number of Topliss-reactive ketones (excluding diaryl/α,β-unsaturated/α-hetero) is 1. The van der Waals surface area contributed by atoms with Crippen molar-refractivity contribution >= 4 is 34.7 Å². The topological polar surface area (TPSA) is 97.2 Å². The number of carbonyl (C=O) groups is 3. The summed E-state index contributed by atoms with van der Waals surface area (Å²) in [5, 5.41) is 11.5. The number of aldehydes is 1. The Bertz CT molecular complexity index is 1380. The third-order valence-electron chi connectivity index (χ3n) is 6.65. The lowest BCUT2D eigenvalue weighted by Gasteiger charge is -2.26. The number of benzene rings is 3. The number of ketones is 1. The molecule has 1 aromatic heterocycles. The minimum absolute atomic E-state index is 0.0829. The summed E-state index contributed by atoms with van der Waals surface area (Å²) in [5.41, 5.74) is 3.22. The molecule has 3 aromatic carbocycles. The van der Waals surface area contributed by atoms with Crippen molar-refractivity contribution in [3.8, 4) is 0 Å². The molecule has 0 aliphatic carbocycles. The lowest BCUT2D eigenvalue weighted by Crippen LogP contribution is -2.40. The molecule has 5 rings (SSSR count). The quantitative estimate of drug-likeness (QED) is 0.289. The Morgan fingerprint density at radius 1 is 1.00 bits per heavy atom. The van der Waals surface area contributed by atoms with Crippen molar-refractivity contribution in [2.75, 3.05) is 18.4 Å². The second kappa shape index (κ2) is 10.6. The van der Waals surface area contributed by atoms with Gasteiger partial charge < -0.3 is 10.1 Å². The van der Waals surface area contributed by atoms with Gasteiger partial charge in [-0.2, -0.15) is 0 Å². The van der Waals surface area contributed by atoms with Crippen LogP contribution in [0.15, 0.2) is 78.9 Å². The Morgan fingerprint density at radius 3 is 2.58 bits per heavy atom. The van der Waals surface area contributed by atoms with Gasteiger partial charge in [-0.3, -0.25) is 14.5 Å². The van der Waals surface area contributed by atoms with Crippen molar-refractivity contribution < 1.29 is 14.4 Å². The highest BCUT2D eigenvalue weighted by Crippen LogP contribution is 2.25. The molecule has 8 nitrogen and oxygen atoms in total. The number of anilines is 1. The summed E-state index contributed by atoms with van der Waals surface area (Å²) in [6, 6.07) is 23.0. The molecular formula is C28H27N5O3. The van der Waals surface area contributed by atoms with Crippen LogP contribution in [0.1, 0.15) is 34.8 Å². The first kappa shape index (κ1) is 23.6. The van der Waals surface area contributed by atoms with Crippen LogP contribution in [-0.2, 0) is 16.0 Å². The van der Waals surface area contributed by atoms with Gasteiger partial charge in [-0.25, -0.2) is 4.68 Å². The van der Waals surface area contributed by atoms with Crippen LogP contribution in [0.25, 0.3) is 11.0 Å². The first-order chi connectivity index (χ1) is 17.6. The number of para-hydroxylation sites is 2. The van der Waals surface area contributed by atoms with Crippen LogP contribution >= 0.6 is 0 Å². The monoisotopic (exact) mass is 481 g/mol. The number of fused-ring (bicyclic) bond motifs is 1. The van der Waals surface area contributed by atoms with Crippen molar-refractivity contribution in [1.29, 1.82) is 0 Å². The molecule has 0 bridgehead atoms. The summed E-state index contributed by atoms with van der Waals surface area (Å²) in [5.74, 6) is -0.400. The number of nitrogens with one attached hydrogen (secondary N) is 1. The summed E-state index contributed by atoms with van der Waals surface area (Å²) >= 11 is 0. The summed E-state index contributed by atoms with van der Waals surface area (Å²) in [6.07, 6.45) is 2.85. The molecule has 1 N–H and O–H groups in total. The van der Waals surface area contributed by atoms with Gasteiger partial charge in [-0.1, -0.05) is 59.8 Å². The van der Waals surface area contributed by atoms with E-state index in [4.69, 9.17) is 0 Å². The Kier molecular flexibility index (Phi) is 6.95. The van der Waals surface area contributed by atoms with Crippen LogP contribution in [-0.4, -0.2) is 57.0 Å². The van der Waals surface area contributed by atoms with Crippen molar-refractivity contribution in [2.45, 2.75) is 31.3 Å². The number of amides is 1. The summed E-state index contributed by atoms with van der Waals surface area (Å²) in [7, 11) is 0. The molecule has 1 amide bonds. The third kappa shape index (κ3) is 4.94. The Hall–Kier alpha value is -4.17. The molecule has 1 aliphatic heterocycles. The molecule has 8 heteroatoms. The number of rotatable bonds is 9. The summed E-state index contributed by atoms with van der Waals surface area (Å²) < 4.78 is 1.61. The van der Waals surface area contributed by atoms with E-state index in [2.05, 4.69) is 15.6 Å². The van der Waals surface area contributed by atoms with Gasteiger partial charge in [0.15, 0.2) is 5.78 Å². The van der Waals surface area contributed by atoms with E-state index in [0.717, 1.165) is 36.8 Å². The van der Waals surface area contributed by atoms with E-state index >= 15 is 0 Å². The zero-order valence-corrected chi connectivity index (χ0v) is 19.8. The fourth-order valence-electron chi connectivity index (χ4n) is 4.77. The molecule has 4 aromatic rings. The minimum atomic E-state index is -0.741. The first-order valence-corrected chi connectivity index (χ1v) is 12.1. The molecule has 2 heterocycles. The van der Waals surface area contributed by atoms with Crippen LogP contribution < -0.4 is 5.32 Å². The molecule has 1 unspecified atom stereocenters. The van der Waals surface area contributed by atoms with E-state index in [1.54, 1.807) is 28.9 Å². The highest BCUT2D eigenvalue weighted by molar-refractivity contribution is 6.06. The van der Waals surface area contributed by atoms with E-state index in [-0.39, 0.29) is 24.2 Å². The van der Waals surface area contributed by atoms with Crippen LogP contribution in [0, 0.1) is 0 Å². The fourth-order valence-corrected chi connectivity index (χ4v) is 4.77. The zero-order chi connectivity index (χ0) is 24.9. The van der Waals surface area contributed by atoms with Crippen molar-refractivity contribution in [3.05, 3.63) is 90.0 Å². The van der Waals surface area contributed by atoms with Crippen molar-refractivity contribution in [2.24, 2.45) is 0 Å². The summed E-state index contributed by atoms with van der Waals surface area (Å²) in [6.45, 7) is 1.04. The predicted octanol–water partition coefficient (Wildman–Crippen LogP) is 3.70. The second-order valence-electron chi connectivity index (χ2n) is 9.00. The van der Waals surface area contributed by atoms with Gasteiger partial charge in [-0.15, -0.1) is 5.10 Å². The highest BCUT2D eigenvalue weighted by Gasteiger charge is 2.32. The number of hydrogen-bond acceptors (Lipinski definition) is 6.